The molecule has 0 amide bonds. The van der Waals surface area contributed by atoms with Crippen molar-refractivity contribution in [3.63, 3.8) is 0 Å². The minimum Gasteiger partial charge on any atom is -0.384 e. The Kier molecular flexibility index (Phi) is 3.67. The molecular formula is C12H7F6N3. The molecule has 0 aliphatic carbocycles. The summed E-state index contributed by atoms with van der Waals surface area (Å²) >= 11 is 0. The number of benzene rings is 1. The quantitative estimate of drug-likeness (QED) is 0.654. The van der Waals surface area contributed by atoms with E-state index >= 15 is 0 Å². The highest BCUT2D eigenvalue weighted by Crippen LogP contribution is 2.32. The number of halogens is 6. The Hall–Kier alpha value is -2.45. The van der Waals surface area contributed by atoms with Gasteiger partial charge in [-0.25, -0.2) is 18.2 Å². The number of nitrogens with one attached hydrogen (secondary N) is 1. The molecule has 0 spiro atoms. The van der Waals surface area contributed by atoms with E-state index in [-0.39, 0.29) is 0 Å². The van der Waals surface area contributed by atoms with Gasteiger partial charge in [0.05, 0.1) is 11.3 Å². The summed E-state index contributed by atoms with van der Waals surface area (Å²) in [6.45, 7) is 0. The number of nitrogens with two attached hydrogens (primary N) is 1. The van der Waals surface area contributed by atoms with Crippen molar-refractivity contribution in [2.24, 2.45) is 0 Å². The van der Waals surface area contributed by atoms with E-state index in [4.69, 9.17) is 5.73 Å². The van der Waals surface area contributed by atoms with Gasteiger partial charge >= 0.3 is 6.18 Å². The van der Waals surface area contributed by atoms with Crippen LogP contribution < -0.4 is 11.1 Å². The predicted octanol–water partition coefficient (Wildman–Crippen LogP) is 3.84. The molecule has 9 heteroatoms. The maximum absolute atomic E-state index is 13.4. The minimum atomic E-state index is -4.68. The Bertz CT molecular complexity index is 683. The fourth-order valence-corrected chi connectivity index (χ4v) is 1.54. The lowest BCUT2D eigenvalue weighted by atomic mass is 10.2. The predicted molar refractivity (Wildman–Crippen MR) is 63.3 cm³/mol. The van der Waals surface area contributed by atoms with Crippen molar-refractivity contribution in [3.8, 4) is 0 Å². The van der Waals surface area contributed by atoms with Gasteiger partial charge in [0.25, 0.3) is 0 Å². The second kappa shape index (κ2) is 5.15. The highest BCUT2D eigenvalue weighted by molar-refractivity contribution is 5.59. The highest BCUT2D eigenvalue weighted by atomic mass is 19.4. The number of pyridine rings is 1. The van der Waals surface area contributed by atoms with Gasteiger partial charge < -0.3 is 11.1 Å². The first-order chi connectivity index (χ1) is 9.68. The molecule has 2 rings (SSSR count). The third-order valence-electron chi connectivity index (χ3n) is 2.47. The number of nitrogens with zero attached hydrogens (tertiary/aromatic N) is 1. The zero-order chi connectivity index (χ0) is 15.8. The molecule has 0 unspecified atom stereocenters. The van der Waals surface area contributed by atoms with Crippen LogP contribution >= 0.6 is 0 Å². The van der Waals surface area contributed by atoms with Crippen molar-refractivity contribution in [1.82, 2.24) is 4.98 Å². The molecule has 3 N–H and O–H groups in total. The lowest BCUT2D eigenvalue weighted by molar-refractivity contribution is -0.137. The molecule has 2 aromatic rings. The topological polar surface area (TPSA) is 50.9 Å². The maximum Gasteiger partial charge on any atom is 0.416 e. The van der Waals surface area contributed by atoms with Gasteiger partial charge in [0.1, 0.15) is 11.6 Å². The van der Waals surface area contributed by atoms with Gasteiger partial charge in [-0.2, -0.15) is 13.2 Å². The molecule has 0 radical (unpaired) electrons. The first kappa shape index (κ1) is 14.9. The van der Waals surface area contributed by atoms with Crippen LogP contribution in [-0.2, 0) is 6.18 Å². The minimum absolute atomic E-state index is 0.452. The van der Waals surface area contributed by atoms with Crippen molar-refractivity contribution in [2.75, 3.05) is 11.1 Å². The Balaban J connectivity index is 2.41. The van der Waals surface area contributed by atoms with E-state index in [1.807, 2.05) is 0 Å². The molecule has 0 atom stereocenters. The largest absolute Gasteiger partial charge is 0.416 e. The fraction of sp³-hybridized carbons (Fsp3) is 0.0833. The van der Waals surface area contributed by atoms with E-state index in [0.717, 1.165) is 6.07 Å². The molecule has 1 aromatic carbocycles. The van der Waals surface area contributed by atoms with Gasteiger partial charge in [0, 0.05) is 0 Å². The monoisotopic (exact) mass is 307 g/mol. The summed E-state index contributed by atoms with van der Waals surface area (Å²) in [5.41, 5.74) is 3.54. The average Bonchev–Trinajstić information content (AvgIpc) is 2.38. The molecular weight excluding hydrogens is 300 g/mol. The standard InChI is InChI=1S/C12H7F6N3/c13-6-1-2-7(11(15)10(6)14)20-9-4-5(12(16,17)18)3-8(19)21-9/h1-4H,(H3,19,20,21). The lowest BCUT2D eigenvalue weighted by Gasteiger charge is -2.12. The maximum atomic E-state index is 13.4. The fourth-order valence-electron chi connectivity index (χ4n) is 1.54. The third-order valence-corrected chi connectivity index (χ3v) is 2.47. The van der Waals surface area contributed by atoms with E-state index in [9.17, 15) is 26.3 Å². The van der Waals surface area contributed by atoms with Gasteiger partial charge in [-0.05, 0) is 24.3 Å². The Morgan fingerprint density at radius 2 is 1.67 bits per heavy atom. The Morgan fingerprint density at radius 3 is 2.29 bits per heavy atom. The number of nitrogen functional groups attached to an aromatic ring is 1. The molecule has 0 fully saturated rings. The number of aromatic nitrogens is 1. The molecule has 0 bridgehead atoms. The van der Waals surface area contributed by atoms with Gasteiger partial charge in [-0.3, -0.25) is 0 Å². The van der Waals surface area contributed by atoms with Gasteiger partial charge in [-0.1, -0.05) is 0 Å². The van der Waals surface area contributed by atoms with Crippen molar-refractivity contribution >= 4 is 17.3 Å². The van der Waals surface area contributed by atoms with E-state index in [2.05, 4.69) is 10.3 Å². The van der Waals surface area contributed by atoms with Crippen LogP contribution in [0.3, 0.4) is 0 Å². The summed E-state index contributed by atoms with van der Waals surface area (Å²) in [4.78, 5) is 3.52. The van der Waals surface area contributed by atoms with Crippen LogP contribution in [0.5, 0.6) is 0 Å². The third kappa shape index (κ3) is 3.18. The van der Waals surface area contributed by atoms with Crippen molar-refractivity contribution < 1.29 is 26.3 Å². The van der Waals surface area contributed by atoms with Crippen LogP contribution in [0.2, 0.25) is 0 Å². The summed E-state index contributed by atoms with van der Waals surface area (Å²) in [5, 5.41) is 2.12. The summed E-state index contributed by atoms with van der Waals surface area (Å²) in [7, 11) is 0. The van der Waals surface area contributed by atoms with Gasteiger partial charge in [-0.15, -0.1) is 0 Å². The molecule has 21 heavy (non-hydrogen) atoms. The first-order valence-corrected chi connectivity index (χ1v) is 5.44. The van der Waals surface area contributed by atoms with E-state index in [1.54, 1.807) is 0 Å². The molecule has 112 valence electrons. The number of anilines is 3. The SMILES string of the molecule is Nc1cc(C(F)(F)F)cc(Nc2ccc(F)c(F)c2F)n1. The summed E-state index contributed by atoms with van der Waals surface area (Å²) < 4.78 is 77.0. The van der Waals surface area contributed by atoms with Gasteiger partial charge in [0.15, 0.2) is 17.5 Å². The van der Waals surface area contributed by atoms with Crippen LogP contribution in [-0.4, -0.2) is 4.98 Å². The second-order valence-electron chi connectivity index (χ2n) is 4.01. The second-order valence-corrected chi connectivity index (χ2v) is 4.01. The molecule has 0 aliphatic heterocycles. The summed E-state index contributed by atoms with van der Waals surface area (Å²) in [6.07, 6.45) is -4.68. The molecule has 0 saturated heterocycles. The van der Waals surface area contributed by atoms with E-state index in [1.165, 1.54) is 0 Å². The van der Waals surface area contributed by atoms with Crippen LogP contribution in [0.25, 0.3) is 0 Å². The van der Waals surface area contributed by atoms with Crippen LogP contribution in [0.1, 0.15) is 5.56 Å². The van der Waals surface area contributed by atoms with E-state index in [0.29, 0.717) is 18.2 Å². The Morgan fingerprint density at radius 1 is 1.00 bits per heavy atom. The zero-order valence-electron chi connectivity index (χ0n) is 10.1. The van der Waals surface area contributed by atoms with Crippen LogP contribution in [0.15, 0.2) is 24.3 Å². The molecule has 1 aromatic heterocycles. The molecule has 0 aliphatic rings. The molecule has 0 saturated carbocycles. The highest BCUT2D eigenvalue weighted by Gasteiger charge is 2.31. The Labute approximate surface area is 114 Å². The normalized spacial score (nSPS) is 11.5. The van der Waals surface area contributed by atoms with Crippen LogP contribution in [0, 0.1) is 17.5 Å². The first-order valence-electron chi connectivity index (χ1n) is 5.44. The zero-order valence-corrected chi connectivity index (χ0v) is 10.1. The van der Waals surface area contributed by atoms with E-state index < -0.39 is 46.5 Å². The number of rotatable bonds is 2. The van der Waals surface area contributed by atoms with Crippen molar-refractivity contribution in [1.29, 1.82) is 0 Å². The molecule has 1 heterocycles. The van der Waals surface area contributed by atoms with Crippen molar-refractivity contribution in [2.45, 2.75) is 6.18 Å². The average molecular weight is 307 g/mol. The smallest absolute Gasteiger partial charge is 0.384 e. The number of hydrogen-bond donors (Lipinski definition) is 2. The number of hydrogen-bond acceptors (Lipinski definition) is 3. The van der Waals surface area contributed by atoms with Crippen LogP contribution in [0.4, 0.5) is 43.7 Å². The summed E-state index contributed by atoms with van der Waals surface area (Å²) in [6, 6.07) is 2.60. The molecule has 3 nitrogen and oxygen atoms in total. The summed E-state index contributed by atoms with van der Waals surface area (Å²) in [5.74, 6) is -5.66. The van der Waals surface area contributed by atoms with Gasteiger partial charge in [0.2, 0.25) is 0 Å². The number of alkyl halides is 3. The lowest BCUT2D eigenvalue weighted by Crippen LogP contribution is -2.09. The van der Waals surface area contributed by atoms with Crippen molar-refractivity contribution in [3.05, 3.63) is 47.3 Å².